The zero-order chi connectivity index (χ0) is 14.0. The molecule has 1 aromatic carbocycles. The van der Waals surface area contributed by atoms with Gasteiger partial charge in [-0.25, -0.2) is 0 Å². The summed E-state index contributed by atoms with van der Waals surface area (Å²) in [6.07, 6.45) is 4.94. The Balaban J connectivity index is 1.46. The highest BCUT2D eigenvalue weighted by Gasteiger charge is 2.34. The smallest absolute Gasteiger partial charge is 0.0471 e. The van der Waals surface area contributed by atoms with E-state index in [0.29, 0.717) is 11.5 Å². The van der Waals surface area contributed by atoms with Crippen LogP contribution >= 0.6 is 15.9 Å². The summed E-state index contributed by atoms with van der Waals surface area (Å²) >= 11 is 3.67. The fraction of sp³-hybridized carbons (Fsp3) is 0.647. The predicted octanol–water partition coefficient (Wildman–Crippen LogP) is 4.10. The number of halogens is 1. The summed E-state index contributed by atoms with van der Waals surface area (Å²) in [6.45, 7) is 5.40. The number of benzene rings is 1. The number of hydrogen-bond acceptors (Lipinski definition) is 2. The van der Waals surface area contributed by atoms with E-state index in [1.54, 1.807) is 0 Å². The molecule has 2 aliphatic rings. The molecule has 0 aromatic heterocycles. The minimum atomic E-state index is 0.441. The van der Waals surface area contributed by atoms with E-state index in [2.05, 4.69) is 52.4 Å². The second-order valence-corrected chi connectivity index (χ2v) is 7.55. The van der Waals surface area contributed by atoms with E-state index >= 15 is 0 Å². The van der Waals surface area contributed by atoms with Gasteiger partial charge in [0, 0.05) is 30.3 Å². The van der Waals surface area contributed by atoms with Crippen LogP contribution in [0.3, 0.4) is 0 Å². The summed E-state index contributed by atoms with van der Waals surface area (Å²) in [6, 6.07) is 9.34. The Bertz CT molecular complexity index is 450. The van der Waals surface area contributed by atoms with Gasteiger partial charge in [0.15, 0.2) is 0 Å². The molecule has 3 rings (SSSR count). The maximum Gasteiger partial charge on any atom is 0.0471 e. The molecule has 3 heteroatoms. The molecule has 0 unspecified atom stereocenters. The molecule has 1 aliphatic carbocycles. The predicted molar refractivity (Wildman–Crippen MR) is 86.1 cm³/mol. The van der Waals surface area contributed by atoms with Gasteiger partial charge in [-0.1, -0.05) is 41.1 Å². The van der Waals surface area contributed by atoms with Gasteiger partial charge in [0.1, 0.15) is 0 Å². The lowest BCUT2D eigenvalue weighted by molar-refractivity contribution is 0.0211. The van der Waals surface area contributed by atoms with Crippen LogP contribution in [0, 0.1) is 5.41 Å². The Kier molecular flexibility index (Phi) is 4.49. The van der Waals surface area contributed by atoms with Gasteiger partial charge < -0.3 is 10.1 Å². The normalized spacial score (nSPS) is 28.9. The average molecular weight is 338 g/mol. The van der Waals surface area contributed by atoms with Gasteiger partial charge >= 0.3 is 0 Å². The number of nitrogens with one attached hydrogen (secondary N) is 1. The van der Waals surface area contributed by atoms with Crippen molar-refractivity contribution in [2.45, 2.75) is 44.6 Å². The molecule has 2 fully saturated rings. The van der Waals surface area contributed by atoms with Gasteiger partial charge in [0.2, 0.25) is 0 Å². The molecule has 1 aromatic rings. The molecule has 2 nitrogen and oxygen atoms in total. The van der Waals surface area contributed by atoms with Crippen molar-refractivity contribution >= 4 is 15.9 Å². The Morgan fingerprint density at radius 3 is 2.65 bits per heavy atom. The number of rotatable bonds is 4. The monoisotopic (exact) mass is 337 g/mol. The Morgan fingerprint density at radius 1 is 1.25 bits per heavy atom. The van der Waals surface area contributed by atoms with Gasteiger partial charge in [-0.2, -0.15) is 0 Å². The van der Waals surface area contributed by atoms with Crippen molar-refractivity contribution in [3.8, 4) is 0 Å². The van der Waals surface area contributed by atoms with Crippen molar-refractivity contribution in [1.82, 2.24) is 5.32 Å². The highest BCUT2D eigenvalue weighted by Crippen LogP contribution is 2.40. The fourth-order valence-electron chi connectivity index (χ4n) is 3.28. The van der Waals surface area contributed by atoms with Crippen LogP contribution in [-0.4, -0.2) is 25.8 Å². The molecule has 0 atom stereocenters. The third-order valence-electron chi connectivity index (χ3n) is 5.00. The van der Waals surface area contributed by atoms with Gasteiger partial charge in [-0.15, -0.1) is 0 Å². The zero-order valence-corrected chi connectivity index (χ0v) is 13.8. The highest BCUT2D eigenvalue weighted by molar-refractivity contribution is 9.10. The molecule has 110 valence electrons. The van der Waals surface area contributed by atoms with Crippen LogP contribution in [0.2, 0.25) is 0 Å². The van der Waals surface area contributed by atoms with Crippen LogP contribution in [0.25, 0.3) is 0 Å². The lowest BCUT2D eigenvalue weighted by Crippen LogP contribution is -2.46. The second kappa shape index (κ2) is 6.17. The molecule has 0 bridgehead atoms. The number of ether oxygens (including phenoxy) is 1. The topological polar surface area (TPSA) is 21.3 Å². The summed E-state index contributed by atoms with van der Waals surface area (Å²) < 4.78 is 6.73. The lowest BCUT2D eigenvalue weighted by atomic mass is 9.75. The van der Waals surface area contributed by atoms with Crippen LogP contribution < -0.4 is 5.32 Å². The van der Waals surface area contributed by atoms with Gasteiger partial charge in [-0.05, 0) is 48.6 Å². The molecule has 1 N–H and O–H groups in total. The van der Waals surface area contributed by atoms with Crippen molar-refractivity contribution in [3.05, 3.63) is 34.3 Å². The van der Waals surface area contributed by atoms with Gasteiger partial charge in [0.05, 0.1) is 0 Å². The minimum Gasteiger partial charge on any atom is -0.381 e. The third-order valence-corrected chi connectivity index (χ3v) is 5.72. The zero-order valence-electron chi connectivity index (χ0n) is 12.2. The van der Waals surface area contributed by atoms with Crippen molar-refractivity contribution in [2.24, 2.45) is 5.41 Å². The SMILES string of the molecule is CC1(CNC2CC(c3ccccc3Br)C2)CCOCC1. The summed E-state index contributed by atoms with van der Waals surface area (Å²) in [5, 5.41) is 3.78. The standard InChI is InChI=1S/C17H24BrNO/c1-17(6-8-20-9-7-17)12-19-14-10-13(11-14)15-4-2-3-5-16(15)18/h2-5,13-14,19H,6-12H2,1H3. The van der Waals surface area contributed by atoms with E-state index in [1.165, 1.54) is 35.7 Å². The van der Waals surface area contributed by atoms with Gasteiger partial charge in [-0.3, -0.25) is 0 Å². The van der Waals surface area contributed by atoms with Crippen molar-refractivity contribution in [2.75, 3.05) is 19.8 Å². The Morgan fingerprint density at radius 2 is 1.95 bits per heavy atom. The van der Waals surface area contributed by atoms with E-state index in [1.807, 2.05) is 0 Å². The third kappa shape index (κ3) is 3.26. The van der Waals surface area contributed by atoms with Crippen molar-refractivity contribution in [1.29, 1.82) is 0 Å². The molecule has 1 saturated carbocycles. The maximum absolute atomic E-state index is 5.47. The molecule has 0 amide bonds. The van der Waals surface area contributed by atoms with Crippen LogP contribution in [0.5, 0.6) is 0 Å². The lowest BCUT2D eigenvalue weighted by Gasteiger charge is -2.41. The molecule has 0 spiro atoms. The fourth-order valence-corrected chi connectivity index (χ4v) is 3.88. The van der Waals surface area contributed by atoms with E-state index in [-0.39, 0.29) is 0 Å². The average Bonchev–Trinajstić information content (AvgIpc) is 2.39. The first kappa shape index (κ1) is 14.6. The van der Waals surface area contributed by atoms with Crippen LogP contribution in [-0.2, 0) is 4.74 Å². The van der Waals surface area contributed by atoms with Crippen LogP contribution in [0.4, 0.5) is 0 Å². The molecular formula is C17H24BrNO. The quantitative estimate of drug-likeness (QED) is 0.892. The van der Waals surface area contributed by atoms with Crippen LogP contribution in [0.15, 0.2) is 28.7 Å². The molecular weight excluding hydrogens is 314 g/mol. The van der Waals surface area contributed by atoms with Gasteiger partial charge in [0.25, 0.3) is 0 Å². The minimum absolute atomic E-state index is 0.441. The first-order valence-corrected chi connectivity index (χ1v) is 8.51. The second-order valence-electron chi connectivity index (χ2n) is 6.69. The first-order chi connectivity index (χ1) is 9.66. The van der Waals surface area contributed by atoms with Crippen LogP contribution in [0.1, 0.15) is 44.1 Å². The van der Waals surface area contributed by atoms with E-state index in [4.69, 9.17) is 4.74 Å². The molecule has 1 heterocycles. The maximum atomic E-state index is 5.47. The summed E-state index contributed by atoms with van der Waals surface area (Å²) in [5.74, 6) is 0.727. The van der Waals surface area contributed by atoms with E-state index in [0.717, 1.165) is 25.7 Å². The summed E-state index contributed by atoms with van der Waals surface area (Å²) in [7, 11) is 0. The molecule has 20 heavy (non-hydrogen) atoms. The summed E-state index contributed by atoms with van der Waals surface area (Å²) in [4.78, 5) is 0. The Hall–Kier alpha value is -0.380. The van der Waals surface area contributed by atoms with Crippen molar-refractivity contribution in [3.63, 3.8) is 0 Å². The summed E-state index contributed by atoms with van der Waals surface area (Å²) in [5.41, 5.74) is 1.92. The van der Waals surface area contributed by atoms with E-state index < -0.39 is 0 Å². The van der Waals surface area contributed by atoms with E-state index in [9.17, 15) is 0 Å². The van der Waals surface area contributed by atoms with Crippen molar-refractivity contribution < 1.29 is 4.74 Å². The number of hydrogen-bond donors (Lipinski definition) is 1. The molecule has 1 saturated heterocycles. The molecule has 1 aliphatic heterocycles. The Labute approximate surface area is 130 Å². The largest absolute Gasteiger partial charge is 0.381 e. The highest BCUT2D eigenvalue weighted by atomic mass is 79.9. The molecule has 0 radical (unpaired) electrons. The first-order valence-electron chi connectivity index (χ1n) is 7.72.